The number of aromatic nitrogens is 3. The summed E-state index contributed by atoms with van der Waals surface area (Å²) < 4.78 is 31.3. The summed E-state index contributed by atoms with van der Waals surface area (Å²) in [5.74, 6) is -2.27. The summed E-state index contributed by atoms with van der Waals surface area (Å²) in [4.78, 5) is 28.0. The van der Waals surface area contributed by atoms with E-state index in [0.29, 0.717) is 11.1 Å². The van der Waals surface area contributed by atoms with Gasteiger partial charge in [0.1, 0.15) is 6.33 Å². The molecule has 1 saturated carbocycles. The number of hydrogen-bond acceptors (Lipinski definition) is 7. The average Bonchev–Trinajstić information content (AvgIpc) is 3.24. The van der Waals surface area contributed by atoms with Crippen LogP contribution in [0.1, 0.15) is 55.2 Å². The Kier molecular flexibility index (Phi) is 8.20. The number of fused-ring (bicyclic) bond motifs is 1. The molecular weight excluding hydrogens is 460 g/mol. The Bertz CT molecular complexity index is 971. The van der Waals surface area contributed by atoms with Gasteiger partial charge in [-0.15, -0.1) is 0 Å². The smallest absolute Gasteiger partial charge is 0.278 e. The van der Waals surface area contributed by atoms with Crippen molar-refractivity contribution in [3.63, 3.8) is 0 Å². The number of carbonyl (C=O) groups excluding carboxylic acids is 1. The normalized spacial score (nSPS) is 21.4. The second-order valence-corrected chi connectivity index (χ2v) is 10.3. The first-order chi connectivity index (χ1) is 16.3. The van der Waals surface area contributed by atoms with Gasteiger partial charge in [0.15, 0.2) is 6.61 Å². The van der Waals surface area contributed by atoms with Gasteiger partial charge in [0.25, 0.3) is 11.1 Å². The highest BCUT2D eigenvalue weighted by molar-refractivity contribution is 7.13. The van der Waals surface area contributed by atoms with Gasteiger partial charge >= 0.3 is 0 Å². The van der Waals surface area contributed by atoms with Crippen LogP contribution in [0.15, 0.2) is 24.8 Å². The van der Waals surface area contributed by atoms with E-state index < -0.39 is 12.5 Å². The summed E-state index contributed by atoms with van der Waals surface area (Å²) in [6, 6.07) is 0.224. The van der Waals surface area contributed by atoms with Gasteiger partial charge in [0, 0.05) is 55.0 Å². The van der Waals surface area contributed by atoms with Crippen molar-refractivity contribution in [1.82, 2.24) is 25.2 Å². The first-order valence-electron chi connectivity index (χ1n) is 11.8. The van der Waals surface area contributed by atoms with Crippen molar-refractivity contribution in [3.05, 3.63) is 40.9 Å². The van der Waals surface area contributed by atoms with Gasteiger partial charge in [-0.05, 0) is 57.1 Å². The van der Waals surface area contributed by atoms with E-state index in [4.69, 9.17) is 4.74 Å². The minimum absolute atomic E-state index is 0.0781. The summed E-state index contributed by atoms with van der Waals surface area (Å²) >= 11 is 1.39. The van der Waals surface area contributed by atoms with Gasteiger partial charge in [-0.25, -0.2) is 23.7 Å². The third-order valence-corrected chi connectivity index (χ3v) is 7.36. The number of halogens is 2. The van der Waals surface area contributed by atoms with E-state index in [-0.39, 0.29) is 11.9 Å². The van der Waals surface area contributed by atoms with Gasteiger partial charge in [0.05, 0.1) is 5.69 Å². The lowest BCUT2D eigenvalue weighted by Crippen LogP contribution is -2.37. The molecule has 0 spiro atoms. The zero-order valence-electron chi connectivity index (χ0n) is 19.4. The zero-order valence-corrected chi connectivity index (χ0v) is 20.2. The molecule has 0 bridgehead atoms. The number of hydrogen-bond donors (Lipinski definition) is 1. The molecule has 0 unspecified atom stereocenters. The highest BCUT2D eigenvalue weighted by atomic mass is 32.1. The Morgan fingerprint density at radius 1 is 1.29 bits per heavy atom. The van der Waals surface area contributed by atoms with Crippen molar-refractivity contribution in [3.8, 4) is 5.19 Å². The predicted octanol–water partition coefficient (Wildman–Crippen LogP) is 4.10. The highest BCUT2D eigenvalue weighted by Crippen LogP contribution is 2.32. The lowest BCUT2D eigenvalue weighted by molar-refractivity contribution is -0.117. The Morgan fingerprint density at radius 2 is 2.06 bits per heavy atom. The Labute approximate surface area is 202 Å². The van der Waals surface area contributed by atoms with Gasteiger partial charge in [-0.1, -0.05) is 11.3 Å². The molecule has 0 saturated heterocycles. The average molecular weight is 492 g/mol. The van der Waals surface area contributed by atoms with Crippen molar-refractivity contribution in [1.29, 1.82) is 0 Å². The molecule has 1 amide bonds. The molecule has 1 fully saturated rings. The first-order valence-corrected chi connectivity index (χ1v) is 12.6. The molecule has 0 atom stereocenters. The molecule has 184 valence electrons. The Morgan fingerprint density at radius 3 is 2.79 bits per heavy atom. The van der Waals surface area contributed by atoms with Gasteiger partial charge in [-0.3, -0.25) is 9.69 Å². The van der Waals surface area contributed by atoms with Crippen LogP contribution in [-0.4, -0.2) is 57.4 Å². The van der Waals surface area contributed by atoms with Crippen molar-refractivity contribution < 1.29 is 18.3 Å². The number of thiazole rings is 1. The fourth-order valence-electron chi connectivity index (χ4n) is 4.45. The molecule has 0 aromatic carbocycles. The third-order valence-electron chi connectivity index (χ3n) is 6.29. The van der Waals surface area contributed by atoms with E-state index in [9.17, 15) is 13.6 Å². The number of amides is 1. The van der Waals surface area contributed by atoms with Crippen LogP contribution in [0.25, 0.3) is 6.08 Å². The topological polar surface area (TPSA) is 80.2 Å². The number of rotatable bonds is 9. The molecule has 10 heteroatoms. The Hall–Kier alpha value is -2.46. The van der Waals surface area contributed by atoms with Crippen LogP contribution in [0.3, 0.4) is 0 Å². The molecule has 2 aromatic heterocycles. The quantitative estimate of drug-likeness (QED) is 0.532. The van der Waals surface area contributed by atoms with Crippen LogP contribution in [0.5, 0.6) is 5.19 Å². The molecular formula is C24H31F2N5O2S. The highest BCUT2D eigenvalue weighted by Gasteiger charge is 2.27. The molecule has 1 aliphatic carbocycles. The van der Waals surface area contributed by atoms with Crippen LogP contribution in [0.2, 0.25) is 0 Å². The van der Waals surface area contributed by atoms with E-state index in [2.05, 4.69) is 25.2 Å². The molecule has 1 N–H and O–H groups in total. The lowest BCUT2D eigenvalue weighted by Gasteiger charge is -2.31. The lowest BCUT2D eigenvalue weighted by atomic mass is 9.84. The van der Waals surface area contributed by atoms with Crippen LogP contribution < -0.4 is 10.1 Å². The fourth-order valence-corrected chi connectivity index (χ4v) is 5.35. The van der Waals surface area contributed by atoms with Crippen LogP contribution in [-0.2, 0) is 17.8 Å². The summed E-state index contributed by atoms with van der Waals surface area (Å²) in [6.45, 7) is 2.93. The maximum absolute atomic E-state index is 13.0. The summed E-state index contributed by atoms with van der Waals surface area (Å²) in [5.41, 5.74) is 1.77. The van der Waals surface area contributed by atoms with E-state index in [1.54, 1.807) is 18.5 Å². The van der Waals surface area contributed by atoms with Gasteiger partial charge in [-0.2, -0.15) is 0 Å². The fraction of sp³-hybridized carbons (Fsp3) is 0.583. The first kappa shape index (κ1) is 24.7. The summed E-state index contributed by atoms with van der Waals surface area (Å²) in [7, 11) is 0. The van der Waals surface area contributed by atoms with Gasteiger partial charge in [0.2, 0.25) is 5.91 Å². The number of nitrogens with zero attached hydrogens (tertiary/aromatic N) is 4. The number of nitrogens with one attached hydrogen (secondary N) is 1. The molecule has 0 radical (unpaired) electrons. The number of ether oxygens (including phenoxy) is 1. The third kappa shape index (κ3) is 7.53. The monoisotopic (exact) mass is 491 g/mol. The second-order valence-electron chi connectivity index (χ2n) is 9.25. The minimum Gasteiger partial charge on any atom is -0.464 e. The van der Waals surface area contributed by atoms with Crippen molar-refractivity contribution >= 4 is 23.3 Å². The van der Waals surface area contributed by atoms with E-state index in [0.717, 1.165) is 81.2 Å². The van der Waals surface area contributed by atoms with Crippen LogP contribution in [0.4, 0.5) is 8.78 Å². The minimum atomic E-state index is -2.85. The number of carbonyl (C=O) groups is 1. The van der Waals surface area contributed by atoms with Gasteiger partial charge < -0.3 is 10.1 Å². The Balaban J connectivity index is 1.15. The van der Waals surface area contributed by atoms with Crippen molar-refractivity contribution in [2.75, 3.05) is 19.7 Å². The zero-order chi connectivity index (χ0) is 24.0. The summed E-state index contributed by atoms with van der Waals surface area (Å²) in [6.07, 6.45) is 14.3. The van der Waals surface area contributed by atoms with Crippen molar-refractivity contribution in [2.24, 2.45) is 5.92 Å². The maximum Gasteiger partial charge on any atom is 0.278 e. The molecule has 2 aliphatic rings. The maximum atomic E-state index is 13.0. The number of alkyl halides is 2. The van der Waals surface area contributed by atoms with E-state index >= 15 is 0 Å². The SMILES string of the molecule is CC(F)(F)COc1nc2c(s1)CCN(CC[C@H]1CC[C@H](NC(=O)/C=C/c3cncnc3)CC1)C2. The van der Waals surface area contributed by atoms with Crippen molar-refractivity contribution in [2.45, 2.75) is 64.0 Å². The molecule has 2 aromatic rings. The second kappa shape index (κ2) is 11.3. The largest absolute Gasteiger partial charge is 0.464 e. The van der Waals surface area contributed by atoms with Crippen LogP contribution >= 0.6 is 11.3 Å². The standard InChI is InChI=1S/C24H31F2N5O2S/c1-24(25,26)15-33-23-30-20-14-31(11-9-21(20)34-23)10-8-17-2-5-19(6-3-17)29-22(32)7-4-18-12-27-16-28-13-18/h4,7,12-13,16-17,19H,2-3,5-6,8-11,14-15H2,1H3,(H,29,32)/b7-4+/t17-,19-. The predicted molar refractivity (Wildman–Crippen MR) is 127 cm³/mol. The molecule has 3 heterocycles. The van der Waals surface area contributed by atoms with E-state index in [1.165, 1.54) is 23.7 Å². The van der Waals surface area contributed by atoms with E-state index in [1.807, 2.05) is 0 Å². The molecule has 4 rings (SSSR count). The van der Waals surface area contributed by atoms with Crippen LogP contribution in [0, 0.1) is 5.92 Å². The summed E-state index contributed by atoms with van der Waals surface area (Å²) in [5, 5.41) is 3.45. The molecule has 7 nitrogen and oxygen atoms in total. The molecule has 1 aliphatic heterocycles. The molecule has 34 heavy (non-hydrogen) atoms.